The third-order valence-corrected chi connectivity index (χ3v) is 8.88. The van der Waals surface area contributed by atoms with E-state index in [1.165, 1.54) is 19.3 Å². The molecule has 2 saturated carbocycles. The standard InChI is InChI=1S/C30H43N5O3/c1-4-21-10-12-22(13-11-21)19-34-30(38)35-26-18-23(27(36)31-24-8-6-5-7-9-24)14-15-25(26)28(37)33(29(35)32-34)17-16-20(2)3/h4,10-13,20,23-26,29,32H,1,5-9,14-19H2,2-3H3,(H,31,36). The quantitative estimate of drug-likeness (QED) is 0.528. The van der Waals surface area contributed by atoms with Crippen molar-refractivity contribution >= 4 is 23.9 Å². The zero-order valence-electron chi connectivity index (χ0n) is 22.9. The predicted octanol–water partition coefficient (Wildman–Crippen LogP) is 4.48. The van der Waals surface area contributed by atoms with Crippen molar-refractivity contribution in [2.45, 2.75) is 96.6 Å². The fourth-order valence-electron chi connectivity index (χ4n) is 6.61. The van der Waals surface area contributed by atoms with Crippen LogP contribution in [0.25, 0.3) is 6.08 Å². The Kier molecular flexibility index (Phi) is 8.07. The molecule has 4 amide bonds. The summed E-state index contributed by atoms with van der Waals surface area (Å²) in [6.07, 6.45) is 9.72. The second-order valence-corrected chi connectivity index (χ2v) is 12.0. The van der Waals surface area contributed by atoms with Gasteiger partial charge in [0.2, 0.25) is 11.8 Å². The van der Waals surface area contributed by atoms with Gasteiger partial charge in [-0.2, -0.15) is 5.43 Å². The molecule has 2 saturated heterocycles. The monoisotopic (exact) mass is 521 g/mol. The highest BCUT2D eigenvalue weighted by atomic mass is 16.2. The van der Waals surface area contributed by atoms with Gasteiger partial charge in [-0.1, -0.05) is 70.0 Å². The lowest BCUT2D eigenvalue weighted by molar-refractivity contribution is -0.159. The van der Waals surface area contributed by atoms with Crippen LogP contribution in [0.4, 0.5) is 4.79 Å². The largest absolute Gasteiger partial charge is 0.353 e. The lowest BCUT2D eigenvalue weighted by Gasteiger charge is -2.50. The van der Waals surface area contributed by atoms with Crippen LogP contribution < -0.4 is 10.7 Å². The molecule has 0 bridgehead atoms. The van der Waals surface area contributed by atoms with E-state index in [2.05, 4.69) is 31.2 Å². The van der Waals surface area contributed by atoms with Gasteiger partial charge < -0.3 is 10.2 Å². The Labute approximate surface area is 226 Å². The summed E-state index contributed by atoms with van der Waals surface area (Å²) in [6, 6.07) is 7.85. The molecule has 2 aliphatic carbocycles. The minimum absolute atomic E-state index is 0.0976. The number of nitrogens with zero attached hydrogens (tertiary/aromatic N) is 3. The highest BCUT2D eigenvalue weighted by Crippen LogP contribution is 2.41. The Morgan fingerprint density at radius 1 is 1.11 bits per heavy atom. The first-order valence-corrected chi connectivity index (χ1v) is 14.5. The third kappa shape index (κ3) is 5.46. The third-order valence-electron chi connectivity index (χ3n) is 8.88. The Morgan fingerprint density at radius 3 is 2.53 bits per heavy atom. The first-order chi connectivity index (χ1) is 18.4. The Hall–Kier alpha value is -2.87. The van der Waals surface area contributed by atoms with E-state index >= 15 is 0 Å². The van der Waals surface area contributed by atoms with Crippen LogP contribution >= 0.6 is 0 Å². The van der Waals surface area contributed by atoms with E-state index in [-0.39, 0.29) is 41.8 Å². The zero-order valence-corrected chi connectivity index (χ0v) is 22.9. The Bertz CT molecular complexity index is 1030. The first-order valence-electron chi connectivity index (χ1n) is 14.5. The molecule has 2 heterocycles. The summed E-state index contributed by atoms with van der Waals surface area (Å²) in [5, 5.41) is 4.92. The van der Waals surface area contributed by atoms with Crippen LogP contribution in [-0.2, 0) is 16.1 Å². The van der Waals surface area contributed by atoms with E-state index in [0.717, 1.165) is 30.4 Å². The molecular weight excluding hydrogens is 478 g/mol. The molecule has 2 aliphatic heterocycles. The van der Waals surface area contributed by atoms with Gasteiger partial charge in [0, 0.05) is 24.5 Å². The summed E-state index contributed by atoms with van der Waals surface area (Å²) in [6.45, 7) is 9.12. The fourth-order valence-corrected chi connectivity index (χ4v) is 6.61. The van der Waals surface area contributed by atoms with Crippen LogP contribution in [0.2, 0.25) is 0 Å². The maximum absolute atomic E-state index is 13.8. The number of hydrogen-bond acceptors (Lipinski definition) is 4. The van der Waals surface area contributed by atoms with Crippen LogP contribution in [0.15, 0.2) is 30.8 Å². The second kappa shape index (κ2) is 11.5. The molecular formula is C30H43N5O3. The van der Waals surface area contributed by atoms with E-state index < -0.39 is 6.29 Å². The van der Waals surface area contributed by atoms with Crippen molar-refractivity contribution in [3.05, 3.63) is 42.0 Å². The van der Waals surface area contributed by atoms with Crippen molar-refractivity contribution in [2.24, 2.45) is 17.8 Å². The van der Waals surface area contributed by atoms with Gasteiger partial charge in [-0.3, -0.25) is 19.5 Å². The molecule has 1 aromatic rings. The minimum Gasteiger partial charge on any atom is -0.353 e. The molecule has 4 unspecified atom stereocenters. The second-order valence-electron chi connectivity index (χ2n) is 12.0. The Morgan fingerprint density at radius 2 is 1.84 bits per heavy atom. The number of hydrazine groups is 1. The van der Waals surface area contributed by atoms with Gasteiger partial charge in [0.25, 0.3) is 0 Å². The van der Waals surface area contributed by atoms with E-state index in [1.54, 1.807) is 11.1 Å². The number of rotatable bonds is 8. The maximum Gasteiger partial charge on any atom is 0.337 e. The highest BCUT2D eigenvalue weighted by molar-refractivity contribution is 5.87. The molecule has 8 nitrogen and oxygen atoms in total. The molecule has 4 aliphatic rings. The molecule has 1 aromatic carbocycles. The summed E-state index contributed by atoms with van der Waals surface area (Å²) in [5.41, 5.74) is 5.39. The minimum atomic E-state index is -0.511. The average Bonchev–Trinajstić information content (AvgIpc) is 3.24. The molecule has 206 valence electrons. The normalized spacial score (nSPS) is 27.9. The maximum atomic E-state index is 13.8. The van der Waals surface area contributed by atoms with E-state index in [0.29, 0.717) is 38.3 Å². The lowest BCUT2D eigenvalue weighted by Crippen LogP contribution is -2.67. The summed E-state index contributed by atoms with van der Waals surface area (Å²) in [7, 11) is 0. The summed E-state index contributed by atoms with van der Waals surface area (Å²) >= 11 is 0. The molecule has 38 heavy (non-hydrogen) atoms. The zero-order chi connectivity index (χ0) is 26.8. The topological polar surface area (TPSA) is 85.0 Å². The molecule has 0 radical (unpaired) electrons. The number of carbonyl (C=O) groups excluding carboxylic acids is 3. The highest BCUT2D eigenvalue weighted by Gasteiger charge is 2.55. The molecule has 8 heteroatoms. The van der Waals surface area contributed by atoms with Gasteiger partial charge in [0.05, 0.1) is 12.5 Å². The number of benzene rings is 1. The number of amides is 4. The number of urea groups is 1. The molecule has 5 rings (SSSR count). The van der Waals surface area contributed by atoms with Gasteiger partial charge in [0.15, 0.2) is 6.29 Å². The van der Waals surface area contributed by atoms with Crippen LogP contribution in [0.3, 0.4) is 0 Å². The van der Waals surface area contributed by atoms with Gasteiger partial charge in [-0.25, -0.2) is 4.79 Å². The van der Waals surface area contributed by atoms with Gasteiger partial charge in [-0.15, -0.1) is 0 Å². The first kappa shape index (κ1) is 26.7. The summed E-state index contributed by atoms with van der Waals surface area (Å²) in [4.78, 5) is 44.6. The molecule has 4 fully saturated rings. The van der Waals surface area contributed by atoms with Crippen molar-refractivity contribution in [1.29, 1.82) is 0 Å². The van der Waals surface area contributed by atoms with E-state index in [1.807, 2.05) is 34.1 Å². The van der Waals surface area contributed by atoms with Crippen molar-refractivity contribution in [1.82, 2.24) is 25.6 Å². The number of nitrogens with one attached hydrogen (secondary N) is 2. The molecule has 2 N–H and O–H groups in total. The molecule has 4 atom stereocenters. The van der Waals surface area contributed by atoms with Crippen molar-refractivity contribution in [3.63, 3.8) is 0 Å². The van der Waals surface area contributed by atoms with E-state index in [9.17, 15) is 14.4 Å². The predicted molar refractivity (Wildman–Crippen MR) is 147 cm³/mol. The van der Waals surface area contributed by atoms with Gasteiger partial charge in [-0.05, 0) is 55.6 Å². The van der Waals surface area contributed by atoms with Crippen molar-refractivity contribution < 1.29 is 14.4 Å². The number of carbonyl (C=O) groups is 3. The van der Waals surface area contributed by atoms with E-state index in [4.69, 9.17) is 0 Å². The number of hydrogen-bond donors (Lipinski definition) is 2. The summed E-state index contributed by atoms with van der Waals surface area (Å²) < 4.78 is 0. The van der Waals surface area contributed by atoms with Crippen LogP contribution in [0, 0.1) is 17.8 Å². The molecule has 0 aromatic heterocycles. The van der Waals surface area contributed by atoms with Crippen LogP contribution in [0.1, 0.15) is 82.8 Å². The van der Waals surface area contributed by atoms with Gasteiger partial charge >= 0.3 is 6.03 Å². The van der Waals surface area contributed by atoms with Gasteiger partial charge in [0.1, 0.15) is 0 Å². The van der Waals surface area contributed by atoms with Crippen molar-refractivity contribution in [2.75, 3.05) is 6.54 Å². The molecule has 0 spiro atoms. The fraction of sp³-hybridized carbons (Fsp3) is 0.633. The summed E-state index contributed by atoms with van der Waals surface area (Å²) in [5.74, 6) is 0.238. The van der Waals surface area contributed by atoms with Crippen LogP contribution in [0.5, 0.6) is 0 Å². The van der Waals surface area contributed by atoms with Crippen molar-refractivity contribution in [3.8, 4) is 0 Å². The number of fused-ring (bicyclic) bond motifs is 3. The Balaban J connectivity index is 1.34. The smallest absolute Gasteiger partial charge is 0.337 e. The van der Waals surface area contributed by atoms with Crippen LogP contribution in [-0.4, -0.2) is 57.6 Å². The lowest BCUT2D eigenvalue weighted by atomic mass is 9.75. The average molecular weight is 522 g/mol. The SMILES string of the molecule is C=Cc1ccc(CN2NC3N(CCC(C)C)C(=O)C4CCC(C(=O)NC5CCCCC5)CC4N3C2=O)cc1.